The molecule has 0 aliphatic carbocycles. The van der Waals surface area contributed by atoms with Gasteiger partial charge in [0.05, 0.1) is 17.2 Å². The molecule has 0 aromatic carbocycles. The minimum Gasteiger partial charge on any atom is -0.465 e. The van der Waals surface area contributed by atoms with Crippen LogP contribution in [0.1, 0.15) is 31.3 Å². The molecule has 2 heterocycles. The Bertz CT molecular complexity index is 584. The van der Waals surface area contributed by atoms with Gasteiger partial charge >= 0.3 is 5.97 Å². The number of thiazole rings is 1. The Morgan fingerprint density at radius 1 is 1.42 bits per heavy atom. The Morgan fingerprint density at radius 3 is 2.74 bits per heavy atom. The van der Waals surface area contributed by atoms with Gasteiger partial charge < -0.3 is 4.74 Å². The van der Waals surface area contributed by atoms with E-state index >= 15 is 0 Å². The molecule has 0 atom stereocenters. The SMILES string of the molecule is CCOC(=O)C(C)(C)c1csc(-c2ccc(C)s2)n1. The number of esters is 1. The van der Waals surface area contributed by atoms with Crippen molar-refractivity contribution in [1.82, 2.24) is 4.98 Å². The number of ether oxygens (including phenoxy) is 1. The highest BCUT2D eigenvalue weighted by Gasteiger charge is 2.34. The Morgan fingerprint density at radius 2 is 2.16 bits per heavy atom. The van der Waals surface area contributed by atoms with Gasteiger partial charge in [-0.05, 0) is 39.8 Å². The zero-order valence-corrected chi connectivity index (χ0v) is 13.2. The van der Waals surface area contributed by atoms with E-state index < -0.39 is 5.41 Å². The van der Waals surface area contributed by atoms with Crippen LogP contribution in [0.25, 0.3) is 9.88 Å². The van der Waals surface area contributed by atoms with E-state index in [4.69, 9.17) is 4.74 Å². The number of hydrogen-bond donors (Lipinski definition) is 0. The van der Waals surface area contributed by atoms with Gasteiger partial charge in [0.2, 0.25) is 0 Å². The Hall–Kier alpha value is -1.20. The Labute approximate surface area is 121 Å². The highest BCUT2D eigenvalue weighted by atomic mass is 32.1. The maximum absolute atomic E-state index is 12.0. The lowest BCUT2D eigenvalue weighted by molar-refractivity contribution is -0.148. The van der Waals surface area contributed by atoms with Crippen molar-refractivity contribution in [2.75, 3.05) is 6.61 Å². The highest BCUT2D eigenvalue weighted by molar-refractivity contribution is 7.21. The standard InChI is InChI=1S/C14H17NO2S2/c1-5-17-13(16)14(3,4)11-8-18-12(15-11)10-7-6-9(2)19-10/h6-8H,5H2,1-4H3. The molecule has 0 spiro atoms. The normalized spacial score (nSPS) is 11.6. The predicted molar refractivity (Wildman–Crippen MR) is 79.8 cm³/mol. The van der Waals surface area contributed by atoms with Crippen LogP contribution >= 0.6 is 22.7 Å². The van der Waals surface area contributed by atoms with Crippen molar-refractivity contribution in [2.24, 2.45) is 0 Å². The molecule has 0 fully saturated rings. The lowest BCUT2D eigenvalue weighted by atomic mass is 9.90. The molecule has 2 rings (SSSR count). The molecule has 0 bridgehead atoms. The fourth-order valence-electron chi connectivity index (χ4n) is 1.64. The summed E-state index contributed by atoms with van der Waals surface area (Å²) in [5, 5.41) is 2.91. The first kappa shape index (κ1) is 14.2. The van der Waals surface area contributed by atoms with E-state index in [1.54, 1.807) is 22.7 Å². The average Bonchev–Trinajstić information content (AvgIpc) is 2.97. The Balaban J connectivity index is 2.28. The molecule has 0 aliphatic rings. The maximum atomic E-state index is 12.0. The molecule has 3 nitrogen and oxygen atoms in total. The second kappa shape index (κ2) is 5.43. The van der Waals surface area contributed by atoms with Crippen molar-refractivity contribution in [3.63, 3.8) is 0 Å². The second-order valence-corrected chi connectivity index (χ2v) is 6.94. The molecule has 0 saturated heterocycles. The molecule has 0 unspecified atom stereocenters. The summed E-state index contributed by atoms with van der Waals surface area (Å²) < 4.78 is 5.11. The van der Waals surface area contributed by atoms with Crippen LogP contribution in [0.3, 0.4) is 0 Å². The van der Waals surface area contributed by atoms with Gasteiger partial charge in [0.25, 0.3) is 0 Å². The van der Waals surface area contributed by atoms with Crippen LogP contribution < -0.4 is 0 Å². The van der Waals surface area contributed by atoms with Crippen molar-refractivity contribution in [1.29, 1.82) is 0 Å². The molecule has 0 radical (unpaired) electrons. The van der Waals surface area contributed by atoms with Crippen LogP contribution in [-0.2, 0) is 14.9 Å². The van der Waals surface area contributed by atoms with Crippen LogP contribution in [0.5, 0.6) is 0 Å². The Kier molecular flexibility index (Phi) is 4.06. The topological polar surface area (TPSA) is 39.2 Å². The number of thiophene rings is 1. The van der Waals surface area contributed by atoms with Crippen molar-refractivity contribution >= 4 is 28.6 Å². The van der Waals surface area contributed by atoms with E-state index in [0.717, 1.165) is 15.6 Å². The summed E-state index contributed by atoms with van der Waals surface area (Å²) in [5.74, 6) is -0.228. The number of hydrogen-bond acceptors (Lipinski definition) is 5. The van der Waals surface area contributed by atoms with Gasteiger partial charge in [-0.25, -0.2) is 4.98 Å². The van der Waals surface area contributed by atoms with Gasteiger partial charge in [0, 0.05) is 10.3 Å². The lowest BCUT2D eigenvalue weighted by Gasteiger charge is -2.19. The third-order valence-corrected chi connectivity index (χ3v) is 4.89. The average molecular weight is 295 g/mol. The molecule has 0 aliphatic heterocycles. The number of nitrogens with zero attached hydrogens (tertiary/aromatic N) is 1. The van der Waals surface area contributed by atoms with Gasteiger partial charge in [0.15, 0.2) is 0 Å². The fourth-order valence-corrected chi connectivity index (χ4v) is 3.57. The summed E-state index contributed by atoms with van der Waals surface area (Å²) in [4.78, 5) is 19.0. The lowest BCUT2D eigenvalue weighted by Crippen LogP contribution is -2.31. The van der Waals surface area contributed by atoms with Crippen LogP contribution in [0, 0.1) is 6.92 Å². The van der Waals surface area contributed by atoms with Crippen molar-refractivity contribution in [2.45, 2.75) is 33.1 Å². The third kappa shape index (κ3) is 2.87. The molecular weight excluding hydrogens is 278 g/mol. The van der Waals surface area contributed by atoms with Crippen molar-refractivity contribution in [3.05, 3.63) is 28.1 Å². The minimum absolute atomic E-state index is 0.228. The summed E-state index contributed by atoms with van der Waals surface area (Å²) in [6.45, 7) is 7.98. The fraction of sp³-hybridized carbons (Fsp3) is 0.429. The number of aromatic nitrogens is 1. The van der Waals surface area contributed by atoms with E-state index in [-0.39, 0.29) is 5.97 Å². The molecule has 102 valence electrons. The molecule has 0 saturated carbocycles. The van der Waals surface area contributed by atoms with Crippen molar-refractivity contribution < 1.29 is 9.53 Å². The van der Waals surface area contributed by atoms with Gasteiger partial charge in [-0.3, -0.25) is 4.79 Å². The first-order valence-electron chi connectivity index (χ1n) is 6.15. The molecule has 2 aromatic rings. The van der Waals surface area contributed by atoms with Gasteiger partial charge in [-0.15, -0.1) is 22.7 Å². The summed E-state index contributed by atoms with van der Waals surface area (Å²) in [7, 11) is 0. The smallest absolute Gasteiger partial charge is 0.317 e. The quantitative estimate of drug-likeness (QED) is 0.800. The van der Waals surface area contributed by atoms with Crippen LogP contribution in [-0.4, -0.2) is 17.6 Å². The summed E-state index contributed by atoms with van der Waals surface area (Å²) >= 11 is 3.29. The van der Waals surface area contributed by atoms with Gasteiger partial charge in [-0.1, -0.05) is 0 Å². The van der Waals surface area contributed by atoms with Crippen molar-refractivity contribution in [3.8, 4) is 9.88 Å². The largest absolute Gasteiger partial charge is 0.465 e. The number of carbonyl (C=O) groups excluding carboxylic acids is 1. The molecule has 2 aromatic heterocycles. The van der Waals surface area contributed by atoms with Crippen LogP contribution in [0.2, 0.25) is 0 Å². The highest BCUT2D eigenvalue weighted by Crippen LogP contribution is 2.34. The molecular formula is C14H17NO2S2. The predicted octanol–water partition coefficient (Wildman–Crippen LogP) is 4.02. The van der Waals surface area contributed by atoms with E-state index in [2.05, 4.69) is 24.0 Å². The number of carbonyl (C=O) groups is 1. The first-order chi connectivity index (χ1) is 8.95. The molecule has 19 heavy (non-hydrogen) atoms. The van der Waals surface area contributed by atoms with E-state index in [9.17, 15) is 4.79 Å². The summed E-state index contributed by atoms with van der Waals surface area (Å²) in [6, 6.07) is 4.15. The third-order valence-electron chi connectivity index (χ3n) is 2.88. The summed E-state index contributed by atoms with van der Waals surface area (Å²) in [5.41, 5.74) is 0.0776. The monoisotopic (exact) mass is 295 g/mol. The van der Waals surface area contributed by atoms with Crippen LogP contribution in [0.4, 0.5) is 0 Å². The van der Waals surface area contributed by atoms with E-state index in [1.807, 2.05) is 26.2 Å². The number of aryl methyl sites for hydroxylation is 1. The zero-order chi connectivity index (χ0) is 14.0. The maximum Gasteiger partial charge on any atom is 0.317 e. The first-order valence-corrected chi connectivity index (χ1v) is 7.84. The molecule has 5 heteroatoms. The zero-order valence-electron chi connectivity index (χ0n) is 11.5. The second-order valence-electron chi connectivity index (χ2n) is 4.79. The molecule has 0 amide bonds. The van der Waals surface area contributed by atoms with Gasteiger partial charge in [-0.2, -0.15) is 0 Å². The molecule has 0 N–H and O–H groups in total. The minimum atomic E-state index is -0.697. The van der Waals surface area contributed by atoms with Crippen LogP contribution in [0.15, 0.2) is 17.5 Å². The summed E-state index contributed by atoms with van der Waals surface area (Å²) in [6.07, 6.45) is 0. The van der Waals surface area contributed by atoms with Gasteiger partial charge in [0.1, 0.15) is 10.4 Å². The number of rotatable bonds is 4. The van der Waals surface area contributed by atoms with E-state index in [1.165, 1.54) is 4.88 Å². The van der Waals surface area contributed by atoms with E-state index in [0.29, 0.717) is 6.61 Å².